The van der Waals surface area contributed by atoms with Crippen LogP contribution in [0.5, 0.6) is 0 Å². The lowest BCUT2D eigenvalue weighted by Gasteiger charge is -2.18. The molecule has 0 unspecified atom stereocenters. The maximum atomic E-state index is 12.9. The van der Waals surface area contributed by atoms with Gasteiger partial charge in [-0.25, -0.2) is 14.8 Å². The summed E-state index contributed by atoms with van der Waals surface area (Å²) in [5.41, 5.74) is 1.36. The quantitative estimate of drug-likeness (QED) is 0.465. The minimum Gasteiger partial charge on any atom is -0.389 e. The molecule has 1 saturated heterocycles. The fourth-order valence-electron chi connectivity index (χ4n) is 4.45. The topological polar surface area (TPSA) is 120 Å². The number of benzene rings is 1. The second-order valence-corrected chi connectivity index (χ2v) is 8.14. The van der Waals surface area contributed by atoms with Crippen molar-refractivity contribution in [2.45, 2.75) is 25.1 Å². The molecule has 4 heterocycles. The summed E-state index contributed by atoms with van der Waals surface area (Å²) in [6.07, 6.45) is 2.59. The van der Waals surface area contributed by atoms with E-state index in [-0.39, 0.29) is 30.9 Å². The van der Waals surface area contributed by atoms with Gasteiger partial charge < -0.3 is 19.1 Å². The van der Waals surface area contributed by atoms with E-state index in [1.54, 1.807) is 22.8 Å². The Kier molecular flexibility index (Phi) is 4.70. The van der Waals surface area contributed by atoms with Crippen molar-refractivity contribution in [3.63, 3.8) is 0 Å². The number of para-hydroxylation sites is 2. The standard InChI is InChI=1S/C21H23N7O4/c1-24-19-18(20(31)25(2)21(24)32)23-12-28(19)15-9-27(10-16(15)29)17(30)7-8-26-11-22-13-5-3-4-6-14(13)26/h3-6,11-12,15-16,29H,7-10H2,1-2H3/t15-,16-/m0/s1. The molecule has 166 valence electrons. The Balaban J connectivity index is 1.36. The highest BCUT2D eigenvalue weighted by atomic mass is 16.3. The molecule has 1 aliphatic heterocycles. The number of carbonyl (C=O) groups is 1. The number of fused-ring (bicyclic) bond motifs is 2. The number of aryl methyl sites for hydroxylation is 2. The molecular formula is C21H23N7O4. The molecule has 1 aliphatic rings. The average molecular weight is 437 g/mol. The van der Waals surface area contributed by atoms with Crippen molar-refractivity contribution in [3.05, 3.63) is 57.8 Å². The summed E-state index contributed by atoms with van der Waals surface area (Å²) in [5.74, 6) is -0.0847. The molecule has 11 heteroatoms. The number of hydrogen-bond acceptors (Lipinski definition) is 6. The number of carbonyl (C=O) groups excluding carboxylic acids is 1. The van der Waals surface area contributed by atoms with Gasteiger partial charge in [0.05, 0.1) is 35.8 Å². The third-order valence-electron chi connectivity index (χ3n) is 6.23. The van der Waals surface area contributed by atoms with Crippen LogP contribution in [0.4, 0.5) is 0 Å². The number of aromatic nitrogens is 6. The number of likely N-dealkylation sites (tertiary alicyclic amines) is 1. The molecule has 0 aliphatic carbocycles. The van der Waals surface area contributed by atoms with E-state index in [9.17, 15) is 19.5 Å². The SMILES string of the molecule is Cn1c(=O)c2ncn([C@H]3CN(C(=O)CCn4cnc5ccccc54)C[C@@H]3O)c2n(C)c1=O. The highest BCUT2D eigenvalue weighted by Crippen LogP contribution is 2.26. The molecule has 0 spiro atoms. The first-order chi connectivity index (χ1) is 15.4. The molecule has 1 fully saturated rings. The summed E-state index contributed by atoms with van der Waals surface area (Å²) in [6.45, 7) is 0.918. The summed E-state index contributed by atoms with van der Waals surface area (Å²) in [7, 11) is 2.96. The van der Waals surface area contributed by atoms with Gasteiger partial charge in [-0.3, -0.25) is 18.7 Å². The Bertz CT molecular complexity index is 1460. The molecular weight excluding hydrogens is 414 g/mol. The van der Waals surface area contributed by atoms with E-state index >= 15 is 0 Å². The van der Waals surface area contributed by atoms with Crippen LogP contribution >= 0.6 is 0 Å². The van der Waals surface area contributed by atoms with Crippen molar-refractivity contribution in [1.29, 1.82) is 0 Å². The zero-order valence-electron chi connectivity index (χ0n) is 17.7. The fourth-order valence-corrected chi connectivity index (χ4v) is 4.45. The van der Waals surface area contributed by atoms with E-state index in [1.807, 2.05) is 28.8 Å². The molecule has 4 aromatic rings. The Morgan fingerprint density at radius 3 is 2.69 bits per heavy atom. The largest absolute Gasteiger partial charge is 0.389 e. The number of imidazole rings is 2. The molecule has 1 amide bonds. The van der Waals surface area contributed by atoms with Crippen LogP contribution in [0.1, 0.15) is 12.5 Å². The van der Waals surface area contributed by atoms with Gasteiger partial charge in [-0.15, -0.1) is 0 Å². The van der Waals surface area contributed by atoms with Crippen LogP contribution in [0, 0.1) is 0 Å². The lowest BCUT2D eigenvalue weighted by Crippen LogP contribution is -2.38. The summed E-state index contributed by atoms with van der Waals surface area (Å²) < 4.78 is 5.90. The number of amides is 1. The molecule has 3 aromatic heterocycles. The number of hydrogen-bond donors (Lipinski definition) is 1. The average Bonchev–Trinajstić information content (AvgIpc) is 3.51. The summed E-state index contributed by atoms with van der Waals surface area (Å²) >= 11 is 0. The molecule has 1 N–H and O–H groups in total. The Hall–Kier alpha value is -3.73. The van der Waals surface area contributed by atoms with Gasteiger partial charge in [0.1, 0.15) is 5.65 Å². The predicted octanol–water partition coefficient (Wildman–Crippen LogP) is -0.382. The van der Waals surface area contributed by atoms with Crippen LogP contribution < -0.4 is 11.2 Å². The van der Waals surface area contributed by atoms with Crippen LogP contribution in [0.3, 0.4) is 0 Å². The molecule has 0 saturated carbocycles. The van der Waals surface area contributed by atoms with Crippen molar-refractivity contribution in [2.75, 3.05) is 13.1 Å². The number of aliphatic hydroxyl groups is 1. The number of aliphatic hydroxyl groups excluding tert-OH is 1. The van der Waals surface area contributed by atoms with Crippen LogP contribution in [-0.4, -0.2) is 63.3 Å². The Morgan fingerprint density at radius 1 is 1.09 bits per heavy atom. The van der Waals surface area contributed by atoms with E-state index in [2.05, 4.69) is 9.97 Å². The van der Waals surface area contributed by atoms with Crippen molar-refractivity contribution in [3.8, 4) is 0 Å². The molecule has 1 aromatic carbocycles. The monoisotopic (exact) mass is 437 g/mol. The molecule has 32 heavy (non-hydrogen) atoms. The molecule has 2 atom stereocenters. The summed E-state index contributed by atoms with van der Waals surface area (Å²) in [5, 5.41) is 10.7. The van der Waals surface area contributed by atoms with Gasteiger partial charge in [0.15, 0.2) is 5.52 Å². The van der Waals surface area contributed by atoms with E-state index < -0.39 is 23.4 Å². The van der Waals surface area contributed by atoms with Crippen LogP contribution in [0.25, 0.3) is 22.2 Å². The van der Waals surface area contributed by atoms with Crippen LogP contribution in [-0.2, 0) is 25.4 Å². The fraction of sp³-hybridized carbons (Fsp3) is 0.381. The number of β-amino-alcohol motifs (C(OH)–C–C–N with tert-alkyl or cyclic N) is 1. The van der Waals surface area contributed by atoms with Crippen molar-refractivity contribution in [1.82, 2.24) is 33.1 Å². The first kappa shape index (κ1) is 20.2. The second kappa shape index (κ2) is 7.45. The maximum Gasteiger partial charge on any atom is 0.332 e. The first-order valence-electron chi connectivity index (χ1n) is 10.3. The lowest BCUT2D eigenvalue weighted by atomic mass is 10.2. The minimum absolute atomic E-state index is 0.0847. The third kappa shape index (κ3) is 3.04. The van der Waals surface area contributed by atoms with Gasteiger partial charge in [0, 0.05) is 40.2 Å². The normalized spacial score (nSPS) is 18.8. The Labute approximate surface area is 181 Å². The van der Waals surface area contributed by atoms with E-state index in [0.29, 0.717) is 12.2 Å². The Morgan fingerprint density at radius 2 is 1.88 bits per heavy atom. The number of rotatable bonds is 4. The lowest BCUT2D eigenvalue weighted by molar-refractivity contribution is -0.130. The first-order valence-corrected chi connectivity index (χ1v) is 10.3. The highest BCUT2D eigenvalue weighted by molar-refractivity contribution is 5.78. The van der Waals surface area contributed by atoms with Gasteiger partial charge in [0.25, 0.3) is 5.56 Å². The molecule has 5 rings (SSSR count). The summed E-state index contributed by atoms with van der Waals surface area (Å²) in [6, 6.07) is 7.23. The van der Waals surface area contributed by atoms with Crippen molar-refractivity contribution >= 4 is 28.1 Å². The van der Waals surface area contributed by atoms with E-state index in [0.717, 1.165) is 15.6 Å². The van der Waals surface area contributed by atoms with Crippen molar-refractivity contribution < 1.29 is 9.90 Å². The van der Waals surface area contributed by atoms with Gasteiger partial charge in [-0.05, 0) is 12.1 Å². The van der Waals surface area contributed by atoms with Gasteiger partial charge >= 0.3 is 5.69 Å². The van der Waals surface area contributed by atoms with Crippen LogP contribution in [0.15, 0.2) is 46.5 Å². The van der Waals surface area contributed by atoms with E-state index in [4.69, 9.17) is 0 Å². The smallest absolute Gasteiger partial charge is 0.332 e. The predicted molar refractivity (Wildman–Crippen MR) is 116 cm³/mol. The highest BCUT2D eigenvalue weighted by Gasteiger charge is 2.36. The van der Waals surface area contributed by atoms with Gasteiger partial charge in [0.2, 0.25) is 5.91 Å². The van der Waals surface area contributed by atoms with E-state index in [1.165, 1.54) is 17.9 Å². The van der Waals surface area contributed by atoms with Gasteiger partial charge in [-0.2, -0.15) is 0 Å². The molecule has 0 radical (unpaired) electrons. The minimum atomic E-state index is -0.843. The van der Waals surface area contributed by atoms with Gasteiger partial charge in [-0.1, -0.05) is 12.1 Å². The van der Waals surface area contributed by atoms with Crippen molar-refractivity contribution in [2.24, 2.45) is 14.1 Å². The zero-order chi connectivity index (χ0) is 22.6. The molecule has 0 bridgehead atoms. The number of nitrogens with zero attached hydrogens (tertiary/aromatic N) is 7. The van der Waals surface area contributed by atoms with Crippen LogP contribution in [0.2, 0.25) is 0 Å². The summed E-state index contributed by atoms with van der Waals surface area (Å²) in [4.78, 5) is 47.8. The third-order valence-corrected chi connectivity index (χ3v) is 6.23. The maximum absolute atomic E-state index is 12.9. The second-order valence-electron chi connectivity index (χ2n) is 8.14. The zero-order valence-corrected chi connectivity index (χ0v) is 17.7. The molecule has 11 nitrogen and oxygen atoms in total.